The molecule has 0 spiro atoms. The van der Waals surface area contributed by atoms with Crippen molar-refractivity contribution in [1.82, 2.24) is 15.0 Å². The Labute approximate surface area is 150 Å². The largest absolute Gasteiger partial charge is 0.506 e. The molecule has 0 aliphatic carbocycles. The average molecular weight is 357 g/mol. The van der Waals surface area contributed by atoms with Gasteiger partial charge in [-0.2, -0.15) is 9.90 Å². The normalized spacial score (nSPS) is 10.7. The van der Waals surface area contributed by atoms with Crippen LogP contribution in [0.3, 0.4) is 0 Å². The Hall–Kier alpha value is -2.86. The van der Waals surface area contributed by atoms with Gasteiger partial charge in [-0.25, -0.2) is 0 Å². The zero-order chi connectivity index (χ0) is 18.1. The molecule has 0 aliphatic heterocycles. The van der Waals surface area contributed by atoms with Crippen LogP contribution in [-0.4, -0.2) is 26.0 Å². The Morgan fingerprint density at radius 2 is 1.88 bits per heavy atom. The highest BCUT2D eigenvalue weighted by molar-refractivity contribution is 6.31. The number of rotatable bonds is 3. The highest BCUT2D eigenvalue weighted by Gasteiger charge is 2.18. The van der Waals surface area contributed by atoms with E-state index in [1.807, 2.05) is 32.0 Å². The molecule has 7 heteroatoms. The first kappa shape index (κ1) is 17.0. The van der Waals surface area contributed by atoms with Crippen molar-refractivity contribution in [3.63, 3.8) is 0 Å². The molecule has 0 atom stereocenters. The van der Waals surface area contributed by atoms with Crippen molar-refractivity contribution in [2.75, 3.05) is 5.32 Å². The zero-order valence-electron chi connectivity index (χ0n) is 14.0. The molecule has 6 nitrogen and oxygen atoms in total. The molecule has 0 unspecified atom stereocenters. The monoisotopic (exact) mass is 356 g/mol. The molecular formula is C18H17ClN4O2. The van der Waals surface area contributed by atoms with E-state index in [2.05, 4.69) is 15.5 Å². The highest BCUT2D eigenvalue weighted by atomic mass is 35.5. The van der Waals surface area contributed by atoms with Gasteiger partial charge in [0.1, 0.15) is 5.75 Å². The zero-order valence-corrected chi connectivity index (χ0v) is 14.8. The number of aromatic hydroxyl groups is 1. The average Bonchev–Trinajstić information content (AvgIpc) is 2.92. The van der Waals surface area contributed by atoms with Gasteiger partial charge in [0.15, 0.2) is 5.69 Å². The Morgan fingerprint density at radius 3 is 2.60 bits per heavy atom. The highest BCUT2D eigenvalue weighted by Crippen LogP contribution is 2.27. The first-order valence-electron chi connectivity index (χ1n) is 7.66. The first-order chi connectivity index (χ1) is 11.8. The van der Waals surface area contributed by atoms with Crippen molar-refractivity contribution in [1.29, 1.82) is 0 Å². The van der Waals surface area contributed by atoms with Gasteiger partial charge in [-0.15, -0.1) is 5.10 Å². The van der Waals surface area contributed by atoms with Crippen molar-refractivity contribution in [3.05, 3.63) is 63.9 Å². The minimum atomic E-state index is -0.467. The van der Waals surface area contributed by atoms with Gasteiger partial charge < -0.3 is 10.4 Å². The van der Waals surface area contributed by atoms with Crippen LogP contribution >= 0.6 is 11.6 Å². The van der Waals surface area contributed by atoms with E-state index in [1.54, 1.807) is 6.92 Å². The summed E-state index contributed by atoms with van der Waals surface area (Å²) in [4.78, 5) is 13.9. The number of hydrogen-bond acceptors (Lipinski definition) is 4. The maximum Gasteiger partial charge on any atom is 0.278 e. The number of benzene rings is 2. The van der Waals surface area contributed by atoms with Gasteiger partial charge in [-0.05, 0) is 50.6 Å². The molecule has 128 valence electrons. The molecule has 0 fully saturated rings. The number of nitrogens with zero attached hydrogens (tertiary/aromatic N) is 3. The van der Waals surface area contributed by atoms with Crippen molar-refractivity contribution < 1.29 is 9.90 Å². The van der Waals surface area contributed by atoms with E-state index in [0.717, 1.165) is 16.8 Å². The third-order valence-corrected chi connectivity index (χ3v) is 4.01. The second-order valence-electron chi connectivity index (χ2n) is 5.83. The van der Waals surface area contributed by atoms with E-state index >= 15 is 0 Å². The number of carbonyl (C=O) groups is 1. The molecule has 2 aromatic carbocycles. The van der Waals surface area contributed by atoms with Crippen LogP contribution in [0.25, 0.3) is 5.69 Å². The number of phenols is 1. The van der Waals surface area contributed by atoms with Crippen molar-refractivity contribution in [2.24, 2.45) is 0 Å². The van der Waals surface area contributed by atoms with E-state index in [4.69, 9.17) is 11.6 Å². The number of amides is 1. The maximum absolute atomic E-state index is 12.5. The van der Waals surface area contributed by atoms with Crippen LogP contribution in [0.15, 0.2) is 36.4 Å². The van der Waals surface area contributed by atoms with E-state index in [0.29, 0.717) is 10.7 Å². The van der Waals surface area contributed by atoms with Crippen molar-refractivity contribution in [3.8, 4) is 11.4 Å². The number of hydrogen-bond donors (Lipinski definition) is 2. The molecule has 1 aromatic heterocycles. The summed E-state index contributed by atoms with van der Waals surface area (Å²) in [6.07, 6.45) is 0. The summed E-state index contributed by atoms with van der Waals surface area (Å²) in [5.41, 5.74) is 3.84. The second kappa shape index (κ2) is 6.57. The quantitative estimate of drug-likeness (QED) is 0.699. The molecule has 0 saturated carbocycles. The molecule has 0 saturated heterocycles. The lowest BCUT2D eigenvalue weighted by atomic mass is 10.1. The Balaban J connectivity index is 1.92. The summed E-state index contributed by atoms with van der Waals surface area (Å²) in [6.45, 7) is 5.68. The molecule has 25 heavy (non-hydrogen) atoms. The summed E-state index contributed by atoms with van der Waals surface area (Å²) in [7, 11) is 0. The van der Waals surface area contributed by atoms with Crippen LogP contribution in [0.2, 0.25) is 5.02 Å². The molecule has 1 amide bonds. The minimum absolute atomic E-state index is 0.0721. The fourth-order valence-electron chi connectivity index (χ4n) is 2.52. The predicted octanol–water partition coefficient (Wildman–Crippen LogP) is 3.80. The van der Waals surface area contributed by atoms with Gasteiger partial charge in [0.25, 0.3) is 5.91 Å². The third kappa shape index (κ3) is 3.49. The fourth-order valence-corrected chi connectivity index (χ4v) is 2.69. The summed E-state index contributed by atoms with van der Waals surface area (Å²) >= 11 is 5.90. The maximum atomic E-state index is 12.5. The molecule has 0 aliphatic rings. The molecule has 2 N–H and O–H groups in total. The van der Waals surface area contributed by atoms with Gasteiger partial charge in [-0.1, -0.05) is 29.3 Å². The number of anilines is 1. The van der Waals surface area contributed by atoms with E-state index in [-0.39, 0.29) is 17.1 Å². The standard InChI is InChI=1S/C18H17ClN4O2/c1-10-4-6-15(11(2)8-10)23-21-12(3)17(22-23)18(25)20-14-9-13(19)5-7-16(14)24/h4-9,24H,1-3H3,(H,20,25). The molecule has 1 heterocycles. The molecule has 3 aromatic rings. The van der Waals surface area contributed by atoms with Crippen molar-refractivity contribution in [2.45, 2.75) is 20.8 Å². The van der Waals surface area contributed by atoms with Crippen LogP contribution in [0.4, 0.5) is 5.69 Å². The van der Waals surface area contributed by atoms with Crippen LogP contribution in [0.5, 0.6) is 5.75 Å². The molecule has 3 rings (SSSR count). The smallest absolute Gasteiger partial charge is 0.278 e. The Morgan fingerprint density at radius 1 is 1.12 bits per heavy atom. The van der Waals surface area contributed by atoms with Crippen molar-refractivity contribution >= 4 is 23.2 Å². The molecule has 0 radical (unpaired) electrons. The number of aromatic nitrogens is 3. The number of phenolic OH excluding ortho intramolecular Hbond substituents is 1. The topological polar surface area (TPSA) is 80.0 Å². The van der Waals surface area contributed by atoms with E-state index in [1.165, 1.54) is 23.0 Å². The van der Waals surface area contributed by atoms with Crippen LogP contribution in [0.1, 0.15) is 27.3 Å². The van der Waals surface area contributed by atoms with Gasteiger partial charge in [0, 0.05) is 5.02 Å². The molecule has 0 bridgehead atoms. The Kier molecular flexibility index (Phi) is 4.46. The lowest BCUT2D eigenvalue weighted by Gasteiger charge is -2.06. The van der Waals surface area contributed by atoms with Gasteiger partial charge >= 0.3 is 0 Å². The third-order valence-electron chi connectivity index (χ3n) is 3.77. The Bertz CT molecular complexity index is 966. The summed E-state index contributed by atoms with van der Waals surface area (Å²) < 4.78 is 0. The van der Waals surface area contributed by atoms with Crippen LogP contribution in [-0.2, 0) is 0 Å². The number of nitrogens with one attached hydrogen (secondary N) is 1. The number of aryl methyl sites for hydroxylation is 3. The van der Waals surface area contributed by atoms with E-state index in [9.17, 15) is 9.90 Å². The SMILES string of the molecule is Cc1ccc(-n2nc(C)c(C(=O)Nc3cc(Cl)ccc3O)n2)c(C)c1. The van der Waals surface area contributed by atoms with Crippen LogP contribution < -0.4 is 5.32 Å². The summed E-state index contributed by atoms with van der Waals surface area (Å²) in [5.74, 6) is -0.539. The summed E-state index contributed by atoms with van der Waals surface area (Å²) in [6, 6.07) is 10.3. The van der Waals surface area contributed by atoms with E-state index < -0.39 is 5.91 Å². The number of carbonyl (C=O) groups excluding carboxylic acids is 1. The molecular weight excluding hydrogens is 340 g/mol. The fraction of sp³-hybridized carbons (Fsp3) is 0.167. The minimum Gasteiger partial charge on any atom is -0.506 e. The first-order valence-corrected chi connectivity index (χ1v) is 8.04. The van der Waals surface area contributed by atoms with Gasteiger partial charge in [-0.3, -0.25) is 4.79 Å². The lowest BCUT2D eigenvalue weighted by Crippen LogP contribution is -2.14. The van der Waals surface area contributed by atoms with Crippen LogP contribution in [0, 0.1) is 20.8 Å². The number of halogens is 1. The lowest BCUT2D eigenvalue weighted by molar-refractivity contribution is 0.102. The summed E-state index contributed by atoms with van der Waals surface area (Å²) in [5, 5.41) is 21.5. The predicted molar refractivity (Wildman–Crippen MR) is 96.6 cm³/mol. The van der Waals surface area contributed by atoms with Gasteiger partial charge in [0.05, 0.1) is 17.1 Å². The van der Waals surface area contributed by atoms with Gasteiger partial charge in [0.2, 0.25) is 0 Å². The second-order valence-corrected chi connectivity index (χ2v) is 6.27.